The normalized spacial score (nSPS) is 16.8. The van der Waals surface area contributed by atoms with Gasteiger partial charge in [-0.1, -0.05) is 159 Å². The minimum absolute atomic E-state index is 0.140. The summed E-state index contributed by atoms with van der Waals surface area (Å²) in [5.41, 5.74) is 17.2. The van der Waals surface area contributed by atoms with E-state index in [1.54, 1.807) is 0 Å². The highest BCUT2D eigenvalue weighted by molar-refractivity contribution is 6.05. The van der Waals surface area contributed by atoms with Crippen molar-refractivity contribution in [2.75, 3.05) is 0 Å². The molecule has 3 aliphatic rings. The fourth-order valence-corrected chi connectivity index (χ4v) is 9.28. The van der Waals surface area contributed by atoms with E-state index in [0.29, 0.717) is 5.56 Å². The van der Waals surface area contributed by atoms with Crippen LogP contribution in [0.2, 0.25) is 0 Å². The third-order valence-corrected chi connectivity index (χ3v) is 11.8. The summed E-state index contributed by atoms with van der Waals surface area (Å²) in [4.78, 5) is 5.25. The van der Waals surface area contributed by atoms with Crippen molar-refractivity contribution in [1.82, 2.24) is 5.32 Å². The van der Waals surface area contributed by atoms with Crippen LogP contribution in [-0.4, -0.2) is 5.84 Å². The molecule has 0 fully saturated rings. The Kier molecular flexibility index (Phi) is 7.19. The summed E-state index contributed by atoms with van der Waals surface area (Å²) >= 11 is 0. The van der Waals surface area contributed by atoms with E-state index in [4.69, 9.17) is 4.99 Å². The molecule has 2 aliphatic carbocycles. The van der Waals surface area contributed by atoms with Gasteiger partial charge in [-0.25, -0.2) is 0 Å². The first-order valence-corrected chi connectivity index (χ1v) is 18.6. The molecule has 1 spiro atoms. The third kappa shape index (κ3) is 4.70. The molecule has 0 aromatic heterocycles. The molecule has 0 amide bonds. The zero-order valence-corrected chi connectivity index (χ0v) is 30.2. The van der Waals surface area contributed by atoms with Crippen LogP contribution in [0.1, 0.15) is 75.5 Å². The number of hydrogen-bond acceptors (Lipinski definition) is 3. The van der Waals surface area contributed by atoms with Crippen molar-refractivity contribution >= 4 is 11.5 Å². The van der Waals surface area contributed by atoms with Gasteiger partial charge in [-0.2, -0.15) is 5.26 Å². The average molecular weight is 692 g/mol. The number of nitriles is 1. The Balaban J connectivity index is 1.13. The van der Waals surface area contributed by atoms with Gasteiger partial charge in [0.15, 0.2) is 0 Å². The van der Waals surface area contributed by atoms with Crippen molar-refractivity contribution in [3.05, 3.63) is 232 Å². The lowest BCUT2D eigenvalue weighted by molar-refractivity contribution is 0.563. The van der Waals surface area contributed by atoms with E-state index in [0.717, 1.165) is 33.8 Å². The molecule has 0 bridgehead atoms. The molecule has 1 heterocycles. The molecule has 1 N–H and O–H groups in total. The zero-order chi connectivity index (χ0) is 36.4. The van der Waals surface area contributed by atoms with E-state index in [2.05, 4.69) is 171 Å². The second kappa shape index (κ2) is 12.2. The molecule has 1 aliphatic heterocycles. The quantitative estimate of drug-likeness (QED) is 0.200. The van der Waals surface area contributed by atoms with Crippen LogP contribution in [-0.2, 0) is 10.8 Å². The third-order valence-electron chi connectivity index (χ3n) is 11.8. The van der Waals surface area contributed by atoms with Crippen LogP contribution >= 0.6 is 0 Å². The second-order valence-electron chi connectivity index (χ2n) is 15.1. The van der Waals surface area contributed by atoms with Crippen molar-refractivity contribution in [1.29, 1.82) is 5.26 Å². The topological polar surface area (TPSA) is 48.2 Å². The molecule has 7 aromatic rings. The molecule has 1 atom stereocenters. The summed E-state index contributed by atoms with van der Waals surface area (Å²) in [7, 11) is 0. The molecule has 0 saturated carbocycles. The first kappa shape index (κ1) is 31.9. The summed E-state index contributed by atoms with van der Waals surface area (Å²) in [5, 5.41) is 13.1. The lowest BCUT2D eigenvalue weighted by Crippen LogP contribution is -2.40. The van der Waals surface area contributed by atoms with E-state index in [1.165, 1.54) is 50.1 Å². The van der Waals surface area contributed by atoms with E-state index >= 15 is 0 Å². The van der Waals surface area contributed by atoms with Crippen molar-refractivity contribution in [2.24, 2.45) is 4.99 Å². The number of rotatable bonds is 4. The summed E-state index contributed by atoms with van der Waals surface area (Å²) in [6, 6.07) is 63.2. The number of amidine groups is 1. The number of benzene rings is 7. The molecule has 256 valence electrons. The Morgan fingerprint density at radius 2 is 1.09 bits per heavy atom. The molecular weight excluding hydrogens is 655 g/mol. The van der Waals surface area contributed by atoms with Crippen molar-refractivity contribution in [3.63, 3.8) is 0 Å². The fourth-order valence-electron chi connectivity index (χ4n) is 9.28. The number of fused-ring (bicyclic) bond motifs is 9. The lowest BCUT2D eigenvalue weighted by Gasteiger charge is -2.46. The number of hydrogen-bond donors (Lipinski definition) is 1. The zero-order valence-electron chi connectivity index (χ0n) is 30.2. The Hall–Kier alpha value is -6.76. The van der Waals surface area contributed by atoms with Gasteiger partial charge in [0.05, 0.1) is 23.1 Å². The minimum atomic E-state index is -0.443. The average Bonchev–Trinajstić information content (AvgIpc) is 3.53. The maximum atomic E-state index is 9.42. The predicted octanol–water partition coefficient (Wildman–Crippen LogP) is 11.4. The van der Waals surface area contributed by atoms with Gasteiger partial charge in [0.2, 0.25) is 0 Å². The minimum Gasteiger partial charge on any atom is -0.340 e. The standard InChI is InChI=1S/C51H37N3/c1-50(2)42-19-8-10-21-44(42)51(45-22-11-9-20-43(45)50)41-18-7-6-17-39(41)40-28-27-37(30-46(40)51)36-15-12-16-38(29-36)49-53-47(34-13-4-3-5-14-34)31-48(54-49)35-25-23-33(32-52)24-26-35/h3-31,48H,1-2H3,(H,53,54). The maximum Gasteiger partial charge on any atom is 0.133 e. The first-order valence-electron chi connectivity index (χ1n) is 18.6. The molecule has 0 saturated heterocycles. The predicted molar refractivity (Wildman–Crippen MR) is 219 cm³/mol. The van der Waals surface area contributed by atoms with Gasteiger partial charge < -0.3 is 5.32 Å². The van der Waals surface area contributed by atoms with Gasteiger partial charge in [-0.3, -0.25) is 4.99 Å². The van der Waals surface area contributed by atoms with Gasteiger partial charge in [0.25, 0.3) is 0 Å². The van der Waals surface area contributed by atoms with Crippen LogP contribution in [0.4, 0.5) is 0 Å². The SMILES string of the molecule is CC1(C)c2ccccc2C2(c3ccccc3-c3ccc(-c4cccc(C5=NC(c6ccc(C#N)cc6)C=C(c6ccccc6)N5)c4)cc32)c2ccccc21. The molecular formula is C51H37N3. The summed E-state index contributed by atoms with van der Waals surface area (Å²) in [6.07, 6.45) is 2.17. The van der Waals surface area contributed by atoms with Gasteiger partial charge in [0, 0.05) is 16.7 Å². The highest BCUT2D eigenvalue weighted by Crippen LogP contribution is 2.62. The molecule has 54 heavy (non-hydrogen) atoms. The largest absolute Gasteiger partial charge is 0.340 e. The van der Waals surface area contributed by atoms with Crippen LogP contribution in [0.25, 0.3) is 28.0 Å². The van der Waals surface area contributed by atoms with Crippen molar-refractivity contribution in [3.8, 4) is 28.3 Å². The van der Waals surface area contributed by atoms with Crippen LogP contribution in [0.15, 0.2) is 181 Å². The molecule has 3 heteroatoms. The Labute approximate surface area is 316 Å². The Bertz CT molecular complexity index is 2680. The van der Waals surface area contributed by atoms with E-state index in [9.17, 15) is 5.26 Å². The van der Waals surface area contributed by atoms with Gasteiger partial charge in [-0.05, 0) is 97.1 Å². The van der Waals surface area contributed by atoms with Crippen LogP contribution in [0.5, 0.6) is 0 Å². The van der Waals surface area contributed by atoms with E-state index in [-0.39, 0.29) is 11.5 Å². The monoisotopic (exact) mass is 691 g/mol. The van der Waals surface area contributed by atoms with Gasteiger partial charge >= 0.3 is 0 Å². The Morgan fingerprint density at radius 1 is 0.519 bits per heavy atom. The highest BCUT2D eigenvalue weighted by atomic mass is 15.0. The van der Waals surface area contributed by atoms with Crippen LogP contribution in [0, 0.1) is 11.3 Å². The van der Waals surface area contributed by atoms with E-state index in [1.807, 2.05) is 30.3 Å². The first-order chi connectivity index (χ1) is 26.5. The maximum absolute atomic E-state index is 9.42. The molecule has 7 aromatic carbocycles. The van der Waals surface area contributed by atoms with Crippen molar-refractivity contribution in [2.45, 2.75) is 30.7 Å². The molecule has 10 rings (SSSR count). The van der Waals surface area contributed by atoms with Crippen LogP contribution < -0.4 is 5.32 Å². The summed E-state index contributed by atoms with van der Waals surface area (Å²) in [5.74, 6) is 0.815. The number of aliphatic imine (C=N–C) groups is 1. The molecule has 0 radical (unpaired) electrons. The van der Waals surface area contributed by atoms with Crippen LogP contribution in [0.3, 0.4) is 0 Å². The second-order valence-corrected chi connectivity index (χ2v) is 15.1. The fraction of sp³-hybridized carbons (Fsp3) is 0.0980. The van der Waals surface area contributed by atoms with Gasteiger partial charge in [0.1, 0.15) is 5.84 Å². The summed E-state index contributed by atoms with van der Waals surface area (Å²) in [6.45, 7) is 4.74. The Morgan fingerprint density at radius 3 is 1.80 bits per heavy atom. The lowest BCUT2D eigenvalue weighted by atomic mass is 9.55. The van der Waals surface area contributed by atoms with Gasteiger partial charge in [-0.15, -0.1) is 0 Å². The number of nitrogens with zero attached hydrogens (tertiary/aromatic N) is 2. The summed E-state index contributed by atoms with van der Waals surface area (Å²) < 4.78 is 0. The molecule has 3 nitrogen and oxygen atoms in total. The van der Waals surface area contributed by atoms with Crippen molar-refractivity contribution < 1.29 is 0 Å². The number of nitrogens with one attached hydrogen (secondary N) is 1. The highest BCUT2D eigenvalue weighted by Gasteiger charge is 2.53. The smallest absolute Gasteiger partial charge is 0.133 e. The van der Waals surface area contributed by atoms with E-state index < -0.39 is 5.41 Å². The molecule has 1 unspecified atom stereocenters.